The fourth-order valence-electron chi connectivity index (χ4n) is 2.92. The zero-order chi connectivity index (χ0) is 21.4. The Balaban J connectivity index is 1.84. The molecule has 1 fully saturated rings. The van der Waals surface area contributed by atoms with Crippen LogP contribution in [-0.2, 0) is 26.2 Å². The molecule has 29 heavy (non-hydrogen) atoms. The van der Waals surface area contributed by atoms with Crippen molar-refractivity contribution in [3.8, 4) is 0 Å². The van der Waals surface area contributed by atoms with Crippen molar-refractivity contribution in [1.82, 2.24) is 13.6 Å². The molecule has 0 bridgehead atoms. The predicted molar refractivity (Wildman–Crippen MR) is 98.2 cm³/mol. The second kappa shape index (κ2) is 7.84. The third-order valence-electron chi connectivity index (χ3n) is 4.35. The van der Waals surface area contributed by atoms with Gasteiger partial charge >= 0.3 is 6.18 Å². The second-order valence-corrected chi connectivity index (χ2v) is 10.3. The highest BCUT2D eigenvalue weighted by atomic mass is 35.5. The average molecular weight is 470 g/mol. The summed E-state index contributed by atoms with van der Waals surface area (Å²) >= 11 is 5.84. The Morgan fingerprint density at radius 3 is 1.83 bits per heavy atom. The Morgan fingerprint density at radius 1 is 0.828 bits per heavy atom. The molecule has 2 heterocycles. The lowest BCUT2D eigenvalue weighted by atomic mass is 10.2. The minimum absolute atomic E-state index is 0.221. The minimum atomic E-state index is -4.84. The number of benzene rings is 1. The highest BCUT2D eigenvalue weighted by Gasteiger charge is 2.40. The molecule has 0 N–H and O–H groups in total. The smallest absolute Gasteiger partial charge is 0.243 e. The Kier molecular flexibility index (Phi) is 5.94. The molecule has 158 valence electrons. The van der Waals surface area contributed by atoms with Gasteiger partial charge < -0.3 is 0 Å². The van der Waals surface area contributed by atoms with E-state index in [0.29, 0.717) is 6.07 Å². The van der Waals surface area contributed by atoms with Gasteiger partial charge in [0.1, 0.15) is 10.0 Å². The molecule has 0 amide bonds. The molecular formula is C16H15ClF3N3O4S2. The van der Waals surface area contributed by atoms with Crippen LogP contribution >= 0.6 is 11.6 Å². The van der Waals surface area contributed by atoms with Crippen LogP contribution in [0.1, 0.15) is 5.56 Å². The molecule has 0 unspecified atom stereocenters. The van der Waals surface area contributed by atoms with Gasteiger partial charge in [-0.25, -0.2) is 21.8 Å². The van der Waals surface area contributed by atoms with E-state index in [2.05, 4.69) is 4.98 Å². The fraction of sp³-hybridized carbons (Fsp3) is 0.312. The van der Waals surface area contributed by atoms with Crippen molar-refractivity contribution in [1.29, 1.82) is 0 Å². The van der Waals surface area contributed by atoms with Gasteiger partial charge in [-0.1, -0.05) is 23.7 Å². The van der Waals surface area contributed by atoms with E-state index in [1.165, 1.54) is 24.4 Å². The van der Waals surface area contributed by atoms with Gasteiger partial charge in [0.05, 0.1) is 10.5 Å². The van der Waals surface area contributed by atoms with Crippen LogP contribution in [0.5, 0.6) is 0 Å². The molecule has 13 heteroatoms. The average Bonchev–Trinajstić information content (AvgIpc) is 2.67. The number of nitrogens with zero attached hydrogens (tertiary/aromatic N) is 3. The molecule has 1 aromatic heterocycles. The predicted octanol–water partition coefficient (Wildman–Crippen LogP) is 2.45. The molecule has 0 spiro atoms. The number of hydrogen-bond donors (Lipinski definition) is 0. The van der Waals surface area contributed by atoms with Crippen molar-refractivity contribution in [3.05, 3.63) is 53.3 Å². The zero-order valence-corrected chi connectivity index (χ0v) is 17.1. The third-order valence-corrected chi connectivity index (χ3v) is 8.65. The van der Waals surface area contributed by atoms with Gasteiger partial charge in [0.15, 0.2) is 0 Å². The van der Waals surface area contributed by atoms with Gasteiger partial charge in [-0.2, -0.15) is 21.8 Å². The van der Waals surface area contributed by atoms with Crippen molar-refractivity contribution in [3.63, 3.8) is 0 Å². The molecule has 0 saturated carbocycles. The van der Waals surface area contributed by atoms with E-state index in [1.807, 2.05) is 0 Å². The highest BCUT2D eigenvalue weighted by Crippen LogP contribution is 2.35. The lowest BCUT2D eigenvalue weighted by molar-refractivity contribution is -0.139. The number of pyridine rings is 1. The first kappa shape index (κ1) is 22.0. The Bertz CT molecular complexity index is 1120. The van der Waals surface area contributed by atoms with E-state index >= 15 is 0 Å². The minimum Gasteiger partial charge on any atom is -0.243 e. The summed E-state index contributed by atoms with van der Waals surface area (Å²) in [5.41, 5.74) is -1.27. The summed E-state index contributed by atoms with van der Waals surface area (Å²) in [6, 6.07) is 6.55. The maximum atomic E-state index is 13.2. The van der Waals surface area contributed by atoms with Gasteiger partial charge in [0.2, 0.25) is 20.0 Å². The van der Waals surface area contributed by atoms with Crippen molar-refractivity contribution >= 4 is 31.6 Å². The monoisotopic (exact) mass is 469 g/mol. The molecule has 1 saturated heterocycles. The lowest BCUT2D eigenvalue weighted by Gasteiger charge is -2.33. The summed E-state index contributed by atoms with van der Waals surface area (Å²) in [5.74, 6) is 0. The molecule has 1 aromatic carbocycles. The zero-order valence-electron chi connectivity index (χ0n) is 14.7. The van der Waals surface area contributed by atoms with Crippen LogP contribution in [0, 0.1) is 0 Å². The number of hydrogen-bond acceptors (Lipinski definition) is 5. The number of halogens is 4. The quantitative estimate of drug-likeness (QED) is 0.642. The lowest BCUT2D eigenvalue weighted by Crippen LogP contribution is -2.50. The van der Waals surface area contributed by atoms with E-state index in [9.17, 15) is 30.0 Å². The van der Waals surface area contributed by atoms with E-state index in [-0.39, 0.29) is 36.2 Å². The molecule has 1 aliphatic rings. The molecule has 2 aromatic rings. The van der Waals surface area contributed by atoms with Crippen molar-refractivity contribution < 1.29 is 30.0 Å². The van der Waals surface area contributed by atoms with Gasteiger partial charge in [0, 0.05) is 32.4 Å². The Morgan fingerprint density at radius 2 is 1.31 bits per heavy atom. The number of aromatic nitrogens is 1. The summed E-state index contributed by atoms with van der Waals surface area (Å²) < 4.78 is 92.4. The molecule has 0 radical (unpaired) electrons. The topological polar surface area (TPSA) is 87.7 Å². The van der Waals surface area contributed by atoms with E-state index < -0.39 is 36.7 Å². The first-order chi connectivity index (χ1) is 13.5. The second-order valence-electron chi connectivity index (χ2n) is 6.09. The number of sulfonamides is 2. The van der Waals surface area contributed by atoms with Crippen LogP contribution in [0.3, 0.4) is 0 Å². The van der Waals surface area contributed by atoms with Gasteiger partial charge in [-0.15, -0.1) is 0 Å². The summed E-state index contributed by atoms with van der Waals surface area (Å²) in [4.78, 5) is 2.63. The van der Waals surface area contributed by atoms with Crippen LogP contribution in [0.4, 0.5) is 13.2 Å². The summed E-state index contributed by atoms with van der Waals surface area (Å²) in [6.07, 6.45) is -3.52. The Hall–Kier alpha value is -1.73. The normalized spacial score (nSPS) is 17.4. The van der Waals surface area contributed by atoms with E-state index in [4.69, 9.17) is 11.6 Å². The van der Waals surface area contributed by atoms with Crippen molar-refractivity contribution in [2.45, 2.75) is 16.0 Å². The number of piperazine rings is 1. The summed E-state index contributed by atoms with van der Waals surface area (Å²) in [6.45, 7) is -1.07. The maximum absolute atomic E-state index is 13.2. The van der Waals surface area contributed by atoms with Crippen LogP contribution in [0.15, 0.2) is 52.4 Å². The van der Waals surface area contributed by atoms with Gasteiger partial charge in [-0.05, 0) is 24.3 Å². The molecule has 7 nitrogen and oxygen atoms in total. The maximum Gasteiger partial charge on any atom is 0.417 e. The number of alkyl halides is 3. The first-order valence-corrected chi connectivity index (χ1v) is 11.5. The number of rotatable bonds is 4. The third kappa shape index (κ3) is 4.26. The SMILES string of the molecule is O=S(=O)(c1ccccc1C(F)(F)F)N1CCN(S(=O)(=O)c2cccnc2Cl)CC1. The highest BCUT2D eigenvalue weighted by molar-refractivity contribution is 7.89. The van der Waals surface area contributed by atoms with E-state index in [1.54, 1.807) is 0 Å². The first-order valence-electron chi connectivity index (χ1n) is 8.23. The molecule has 3 rings (SSSR count). The molecular weight excluding hydrogens is 455 g/mol. The van der Waals surface area contributed by atoms with Crippen LogP contribution < -0.4 is 0 Å². The summed E-state index contributed by atoms with van der Waals surface area (Å²) in [7, 11) is -8.48. The van der Waals surface area contributed by atoms with Gasteiger partial charge in [0.25, 0.3) is 0 Å². The van der Waals surface area contributed by atoms with Gasteiger partial charge in [-0.3, -0.25) is 0 Å². The largest absolute Gasteiger partial charge is 0.417 e. The standard InChI is InChI=1S/C16H15ClF3N3O4S2/c17-15-14(6-3-7-21-15)29(26,27)23-10-8-22(9-11-23)28(24,25)13-5-2-1-4-12(13)16(18,19)20/h1-7H,8-11H2. The fourth-order valence-corrected chi connectivity index (χ4v) is 6.40. The van der Waals surface area contributed by atoms with Crippen LogP contribution in [0.25, 0.3) is 0 Å². The molecule has 0 atom stereocenters. The van der Waals surface area contributed by atoms with Crippen LogP contribution in [-0.4, -0.2) is 56.6 Å². The van der Waals surface area contributed by atoms with Crippen molar-refractivity contribution in [2.75, 3.05) is 26.2 Å². The van der Waals surface area contributed by atoms with Crippen molar-refractivity contribution in [2.24, 2.45) is 0 Å². The van der Waals surface area contributed by atoms with Crippen LogP contribution in [0.2, 0.25) is 5.15 Å². The molecule has 1 aliphatic heterocycles. The Labute approximate surface area is 170 Å². The van der Waals surface area contributed by atoms with E-state index in [0.717, 1.165) is 20.7 Å². The summed E-state index contributed by atoms with van der Waals surface area (Å²) in [5, 5.41) is -0.221. The molecule has 0 aliphatic carbocycles.